The third kappa shape index (κ3) is 3.03. The quantitative estimate of drug-likeness (QED) is 0.911. The maximum Gasteiger partial charge on any atom is 0.125 e. The number of anilines is 1. The van der Waals surface area contributed by atoms with Crippen LogP contribution in [-0.4, -0.2) is 25.2 Å². The second-order valence-electron chi connectivity index (χ2n) is 5.34. The number of nitrogens with one attached hydrogen (secondary N) is 1. The molecule has 1 saturated heterocycles. The number of halogens is 2. The van der Waals surface area contributed by atoms with Gasteiger partial charge in [0.2, 0.25) is 0 Å². The zero-order chi connectivity index (χ0) is 14.0. The molecular formula is C15H22ClFN2. The molecule has 0 aliphatic carbocycles. The summed E-state index contributed by atoms with van der Waals surface area (Å²) in [6, 6.07) is 5.46. The average Bonchev–Trinajstić information content (AvgIpc) is 2.39. The van der Waals surface area contributed by atoms with E-state index in [-0.39, 0.29) is 5.82 Å². The molecule has 2 rings (SSSR count). The van der Waals surface area contributed by atoms with E-state index in [1.165, 1.54) is 6.07 Å². The molecule has 1 heterocycles. The summed E-state index contributed by atoms with van der Waals surface area (Å²) in [7, 11) is 0. The molecule has 2 nitrogen and oxygen atoms in total. The summed E-state index contributed by atoms with van der Waals surface area (Å²) in [6.07, 6.45) is 1.06. The minimum atomic E-state index is -0.229. The number of hydrogen-bond donors (Lipinski definition) is 1. The number of rotatable bonds is 3. The van der Waals surface area contributed by atoms with Gasteiger partial charge in [0.05, 0.1) is 10.7 Å². The van der Waals surface area contributed by atoms with Crippen LogP contribution in [0.15, 0.2) is 18.2 Å². The predicted octanol–water partition coefficient (Wildman–Crippen LogP) is 3.69. The molecule has 1 aromatic carbocycles. The SMILES string of the molecule is CCNC1CCN(c2cc(F)ccc2Cl)C(C)C1C. The maximum atomic E-state index is 13.4. The van der Waals surface area contributed by atoms with Crippen LogP contribution in [0, 0.1) is 11.7 Å². The van der Waals surface area contributed by atoms with Crippen molar-refractivity contribution in [2.24, 2.45) is 5.92 Å². The first kappa shape index (κ1) is 14.6. The van der Waals surface area contributed by atoms with Gasteiger partial charge in [-0.2, -0.15) is 0 Å². The van der Waals surface area contributed by atoms with Crippen LogP contribution in [0.3, 0.4) is 0 Å². The van der Waals surface area contributed by atoms with E-state index in [2.05, 4.69) is 31.0 Å². The van der Waals surface area contributed by atoms with Gasteiger partial charge in [0.1, 0.15) is 5.82 Å². The van der Waals surface area contributed by atoms with Gasteiger partial charge in [-0.3, -0.25) is 0 Å². The molecule has 1 N–H and O–H groups in total. The number of nitrogens with zero attached hydrogens (tertiary/aromatic N) is 1. The van der Waals surface area contributed by atoms with E-state index >= 15 is 0 Å². The highest BCUT2D eigenvalue weighted by atomic mass is 35.5. The van der Waals surface area contributed by atoms with Crippen LogP contribution >= 0.6 is 11.6 Å². The second kappa shape index (κ2) is 6.10. The molecule has 1 fully saturated rings. The predicted molar refractivity (Wildman–Crippen MR) is 79.5 cm³/mol. The fourth-order valence-corrected chi connectivity index (χ4v) is 3.19. The van der Waals surface area contributed by atoms with E-state index in [4.69, 9.17) is 11.6 Å². The Morgan fingerprint density at radius 1 is 1.42 bits per heavy atom. The molecule has 0 amide bonds. The lowest BCUT2D eigenvalue weighted by Gasteiger charge is -2.44. The Labute approximate surface area is 119 Å². The highest BCUT2D eigenvalue weighted by Crippen LogP contribution is 2.33. The molecule has 106 valence electrons. The highest BCUT2D eigenvalue weighted by molar-refractivity contribution is 6.33. The van der Waals surface area contributed by atoms with Crippen LogP contribution in [0.4, 0.5) is 10.1 Å². The zero-order valence-electron chi connectivity index (χ0n) is 11.8. The first-order chi connectivity index (χ1) is 9.04. The lowest BCUT2D eigenvalue weighted by Crippen LogP contribution is -2.53. The van der Waals surface area contributed by atoms with E-state index in [0.717, 1.165) is 25.2 Å². The average molecular weight is 285 g/mol. The number of benzene rings is 1. The van der Waals surface area contributed by atoms with Crippen molar-refractivity contribution in [1.29, 1.82) is 0 Å². The maximum absolute atomic E-state index is 13.4. The summed E-state index contributed by atoms with van der Waals surface area (Å²) in [5.74, 6) is 0.279. The number of hydrogen-bond acceptors (Lipinski definition) is 2. The van der Waals surface area contributed by atoms with Crippen LogP contribution in [0.25, 0.3) is 0 Å². The van der Waals surface area contributed by atoms with Crippen LogP contribution < -0.4 is 10.2 Å². The van der Waals surface area contributed by atoms with Crippen molar-refractivity contribution in [3.63, 3.8) is 0 Å². The molecule has 0 saturated carbocycles. The molecule has 1 aromatic rings. The highest BCUT2D eigenvalue weighted by Gasteiger charge is 2.32. The van der Waals surface area contributed by atoms with Gasteiger partial charge < -0.3 is 10.2 Å². The Kier molecular flexibility index (Phi) is 4.69. The summed E-state index contributed by atoms with van der Waals surface area (Å²) in [6.45, 7) is 8.47. The largest absolute Gasteiger partial charge is 0.367 e. The van der Waals surface area contributed by atoms with Crippen molar-refractivity contribution in [1.82, 2.24) is 5.32 Å². The normalized spacial score (nSPS) is 27.6. The van der Waals surface area contributed by atoms with Gasteiger partial charge >= 0.3 is 0 Å². The minimum absolute atomic E-state index is 0.229. The van der Waals surface area contributed by atoms with E-state index in [1.807, 2.05) is 0 Å². The lowest BCUT2D eigenvalue weighted by atomic mass is 9.86. The topological polar surface area (TPSA) is 15.3 Å². The molecule has 0 bridgehead atoms. The van der Waals surface area contributed by atoms with E-state index in [1.54, 1.807) is 12.1 Å². The van der Waals surface area contributed by atoms with E-state index in [9.17, 15) is 4.39 Å². The Morgan fingerprint density at radius 2 is 2.16 bits per heavy atom. The Balaban J connectivity index is 2.20. The van der Waals surface area contributed by atoms with Gasteiger partial charge in [-0.1, -0.05) is 25.4 Å². The molecule has 19 heavy (non-hydrogen) atoms. The van der Waals surface area contributed by atoms with Gasteiger partial charge in [-0.15, -0.1) is 0 Å². The van der Waals surface area contributed by atoms with Crippen molar-refractivity contribution < 1.29 is 4.39 Å². The summed E-state index contributed by atoms with van der Waals surface area (Å²) in [5.41, 5.74) is 0.816. The van der Waals surface area contributed by atoms with Crippen LogP contribution in [-0.2, 0) is 0 Å². The fourth-order valence-electron chi connectivity index (χ4n) is 2.96. The zero-order valence-corrected chi connectivity index (χ0v) is 12.5. The lowest BCUT2D eigenvalue weighted by molar-refractivity contribution is 0.274. The van der Waals surface area contributed by atoms with Gasteiger partial charge in [0.15, 0.2) is 0 Å². The van der Waals surface area contributed by atoms with E-state index in [0.29, 0.717) is 23.0 Å². The smallest absolute Gasteiger partial charge is 0.125 e. The number of piperidine rings is 1. The fraction of sp³-hybridized carbons (Fsp3) is 0.600. The van der Waals surface area contributed by atoms with Crippen LogP contribution in [0.1, 0.15) is 27.2 Å². The molecule has 4 heteroatoms. The summed E-state index contributed by atoms with van der Waals surface area (Å²) in [5, 5.41) is 4.16. The summed E-state index contributed by atoms with van der Waals surface area (Å²) >= 11 is 6.22. The molecule has 0 radical (unpaired) electrons. The van der Waals surface area contributed by atoms with Crippen LogP contribution in [0.2, 0.25) is 5.02 Å². The molecule has 3 unspecified atom stereocenters. The molecule has 1 aliphatic rings. The molecular weight excluding hydrogens is 263 g/mol. The third-order valence-corrected chi connectivity index (χ3v) is 4.57. The van der Waals surface area contributed by atoms with Gasteiger partial charge in [-0.25, -0.2) is 4.39 Å². The van der Waals surface area contributed by atoms with Crippen molar-refractivity contribution in [2.45, 2.75) is 39.3 Å². The van der Waals surface area contributed by atoms with Crippen molar-refractivity contribution in [3.05, 3.63) is 29.0 Å². The van der Waals surface area contributed by atoms with Gasteiger partial charge in [-0.05, 0) is 44.0 Å². The van der Waals surface area contributed by atoms with Crippen molar-refractivity contribution >= 4 is 17.3 Å². The molecule has 3 atom stereocenters. The summed E-state index contributed by atoms with van der Waals surface area (Å²) < 4.78 is 13.4. The first-order valence-corrected chi connectivity index (χ1v) is 7.37. The van der Waals surface area contributed by atoms with E-state index < -0.39 is 0 Å². The van der Waals surface area contributed by atoms with Crippen LogP contribution in [0.5, 0.6) is 0 Å². The standard InChI is InChI=1S/C15H22ClFN2/c1-4-18-14-7-8-19(11(3)10(14)2)15-9-12(17)5-6-13(15)16/h5-6,9-11,14,18H,4,7-8H2,1-3H3. The Morgan fingerprint density at radius 3 is 2.84 bits per heavy atom. The molecule has 0 aromatic heterocycles. The molecule has 1 aliphatic heterocycles. The van der Waals surface area contributed by atoms with Crippen molar-refractivity contribution in [3.8, 4) is 0 Å². The summed E-state index contributed by atoms with van der Waals surface area (Å²) in [4.78, 5) is 2.23. The first-order valence-electron chi connectivity index (χ1n) is 6.99. The van der Waals surface area contributed by atoms with Crippen molar-refractivity contribution in [2.75, 3.05) is 18.0 Å². The second-order valence-corrected chi connectivity index (χ2v) is 5.75. The monoisotopic (exact) mass is 284 g/mol. The van der Waals surface area contributed by atoms with Gasteiger partial charge in [0.25, 0.3) is 0 Å². The van der Waals surface area contributed by atoms with Gasteiger partial charge in [0, 0.05) is 18.6 Å². The third-order valence-electron chi connectivity index (χ3n) is 4.25. The Bertz CT molecular complexity index is 438. The molecule has 0 spiro atoms. The Hall–Kier alpha value is -0.800. The minimum Gasteiger partial charge on any atom is -0.367 e.